The zero-order valence-corrected chi connectivity index (χ0v) is 20.4. The molecule has 4 N–H and O–H groups in total. The summed E-state index contributed by atoms with van der Waals surface area (Å²) in [5.41, 5.74) is 9.38. The number of benzene rings is 2. The number of hydrogen-bond donors (Lipinski definition) is 3. The maximum Gasteiger partial charge on any atom is 0.331 e. The van der Waals surface area contributed by atoms with Gasteiger partial charge in [-0.2, -0.15) is 4.98 Å². The normalized spacial score (nSPS) is 11.6. The Labute approximate surface area is 208 Å². The van der Waals surface area contributed by atoms with Gasteiger partial charge in [-0.05, 0) is 57.0 Å². The second-order valence-corrected chi connectivity index (χ2v) is 8.57. The Balaban J connectivity index is 1.62. The van der Waals surface area contributed by atoms with E-state index in [1.807, 2.05) is 55.5 Å². The van der Waals surface area contributed by atoms with Crippen molar-refractivity contribution < 1.29 is 9.90 Å². The fourth-order valence-corrected chi connectivity index (χ4v) is 4.10. The van der Waals surface area contributed by atoms with E-state index in [0.29, 0.717) is 53.2 Å². The summed E-state index contributed by atoms with van der Waals surface area (Å²) in [6.45, 7) is 5.68. The summed E-state index contributed by atoms with van der Waals surface area (Å²) in [6, 6.07) is 15.2. The van der Waals surface area contributed by atoms with Gasteiger partial charge in [-0.15, -0.1) is 0 Å². The van der Waals surface area contributed by atoms with Gasteiger partial charge in [0.05, 0.1) is 22.3 Å². The molecule has 0 saturated heterocycles. The first-order chi connectivity index (χ1) is 17.3. The molecule has 2 aromatic carbocycles. The summed E-state index contributed by atoms with van der Waals surface area (Å²) in [4.78, 5) is 38.1. The fraction of sp³-hybridized carbons (Fsp3) is 0.222. The molecule has 0 aliphatic carbocycles. The summed E-state index contributed by atoms with van der Waals surface area (Å²) in [6.07, 6.45) is 2.69. The number of nitrogens with zero attached hydrogens (tertiary/aromatic N) is 4. The molecule has 0 amide bonds. The molecule has 2 aromatic heterocycles. The summed E-state index contributed by atoms with van der Waals surface area (Å²) in [7, 11) is 0. The van der Waals surface area contributed by atoms with E-state index in [0.717, 1.165) is 11.3 Å². The molecular weight excluding hydrogens is 456 g/mol. The van der Waals surface area contributed by atoms with Crippen molar-refractivity contribution >= 4 is 34.7 Å². The Kier molecular flexibility index (Phi) is 7.10. The van der Waals surface area contributed by atoms with Gasteiger partial charge in [0.1, 0.15) is 11.6 Å². The van der Waals surface area contributed by atoms with Crippen molar-refractivity contribution in [1.29, 1.82) is 0 Å². The molecule has 0 aliphatic rings. The molecule has 4 aromatic rings. The SMILES string of the molecule is C/C(=C\c1c(C)nc(N)nc1NCCCc1nc2cccc(C)c2c(=O)n1-c1ccccc1)C(=O)O. The minimum atomic E-state index is -1.02. The standard InChI is InChI=1S/C27H28N6O3/c1-16-9-7-12-21-23(16)25(34)33(19-10-5-4-6-11-19)22(31-21)13-8-14-29-24-20(15-17(2)26(35)36)18(3)30-27(28)32-24/h4-7,9-12,15H,8,13-14H2,1-3H3,(H,35,36)(H3,28,29,30,32)/b17-15+. The summed E-state index contributed by atoms with van der Waals surface area (Å²) in [5, 5.41) is 13.1. The number of nitrogen functional groups attached to an aromatic ring is 1. The molecular formula is C27H28N6O3. The summed E-state index contributed by atoms with van der Waals surface area (Å²) < 4.78 is 1.67. The minimum absolute atomic E-state index is 0.0944. The topological polar surface area (TPSA) is 136 Å². The van der Waals surface area contributed by atoms with Crippen LogP contribution in [0.15, 0.2) is 58.9 Å². The average Bonchev–Trinajstić information content (AvgIpc) is 2.84. The predicted molar refractivity (Wildman–Crippen MR) is 141 cm³/mol. The van der Waals surface area contributed by atoms with Crippen molar-refractivity contribution in [2.75, 3.05) is 17.6 Å². The van der Waals surface area contributed by atoms with E-state index in [4.69, 9.17) is 10.7 Å². The minimum Gasteiger partial charge on any atom is -0.478 e. The highest BCUT2D eigenvalue weighted by Gasteiger charge is 2.15. The van der Waals surface area contributed by atoms with Crippen LogP contribution in [0.1, 0.15) is 36.0 Å². The summed E-state index contributed by atoms with van der Waals surface area (Å²) >= 11 is 0. The van der Waals surface area contributed by atoms with Gasteiger partial charge in [0.2, 0.25) is 5.95 Å². The molecule has 0 spiro atoms. The first-order valence-electron chi connectivity index (χ1n) is 11.6. The monoisotopic (exact) mass is 484 g/mol. The Hall–Kier alpha value is -4.53. The van der Waals surface area contributed by atoms with Crippen LogP contribution in [-0.2, 0) is 11.2 Å². The number of aryl methyl sites for hydroxylation is 3. The number of aromatic nitrogens is 4. The smallest absolute Gasteiger partial charge is 0.331 e. The predicted octanol–water partition coefficient (Wildman–Crippen LogP) is 3.91. The molecule has 0 unspecified atom stereocenters. The van der Waals surface area contributed by atoms with Crippen molar-refractivity contribution in [3.63, 3.8) is 0 Å². The third-order valence-corrected chi connectivity index (χ3v) is 5.91. The van der Waals surface area contributed by atoms with Crippen molar-refractivity contribution in [3.05, 3.63) is 87.1 Å². The number of carbonyl (C=O) groups is 1. The highest BCUT2D eigenvalue weighted by atomic mass is 16.4. The molecule has 0 bridgehead atoms. The Morgan fingerprint density at radius 2 is 1.83 bits per heavy atom. The van der Waals surface area contributed by atoms with Crippen LogP contribution in [0.4, 0.5) is 11.8 Å². The number of nitrogens with two attached hydrogens (primary N) is 1. The molecule has 4 rings (SSSR count). The van der Waals surface area contributed by atoms with E-state index < -0.39 is 5.97 Å². The van der Waals surface area contributed by atoms with Crippen LogP contribution in [0.5, 0.6) is 0 Å². The van der Waals surface area contributed by atoms with Crippen LogP contribution in [0.2, 0.25) is 0 Å². The first-order valence-corrected chi connectivity index (χ1v) is 11.6. The number of carboxylic acids is 1. The number of para-hydroxylation sites is 1. The van der Waals surface area contributed by atoms with Crippen LogP contribution in [0.3, 0.4) is 0 Å². The largest absolute Gasteiger partial charge is 0.478 e. The van der Waals surface area contributed by atoms with E-state index in [1.54, 1.807) is 11.5 Å². The van der Waals surface area contributed by atoms with Crippen LogP contribution >= 0.6 is 0 Å². The lowest BCUT2D eigenvalue weighted by Gasteiger charge is -2.15. The molecule has 9 heteroatoms. The van der Waals surface area contributed by atoms with Crippen LogP contribution in [-0.4, -0.2) is 37.1 Å². The Bertz CT molecular complexity index is 1530. The fourth-order valence-electron chi connectivity index (χ4n) is 4.10. The Morgan fingerprint density at radius 3 is 2.56 bits per heavy atom. The molecule has 9 nitrogen and oxygen atoms in total. The second-order valence-electron chi connectivity index (χ2n) is 8.57. The van der Waals surface area contributed by atoms with E-state index in [-0.39, 0.29) is 17.1 Å². The van der Waals surface area contributed by atoms with Gasteiger partial charge in [-0.3, -0.25) is 9.36 Å². The first kappa shape index (κ1) is 24.6. The maximum atomic E-state index is 13.5. The lowest BCUT2D eigenvalue weighted by Crippen LogP contribution is -2.25. The highest BCUT2D eigenvalue weighted by Crippen LogP contribution is 2.21. The van der Waals surface area contributed by atoms with Crippen LogP contribution < -0.4 is 16.6 Å². The van der Waals surface area contributed by atoms with Crippen LogP contribution in [0.25, 0.3) is 22.7 Å². The van der Waals surface area contributed by atoms with Crippen molar-refractivity contribution in [3.8, 4) is 5.69 Å². The van der Waals surface area contributed by atoms with Crippen molar-refractivity contribution in [2.24, 2.45) is 0 Å². The molecule has 2 heterocycles. The average molecular weight is 485 g/mol. The van der Waals surface area contributed by atoms with Gasteiger partial charge in [-0.25, -0.2) is 14.8 Å². The number of fused-ring (bicyclic) bond motifs is 1. The number of anilines is 2. The van der Waals surface area contributed by atoms with Crippen molar-refractivity contribution in [2.45, 2.75) is 33.6 Å². The van der Waals surface area contributed by atoms with Gasteiger partial charge in [-0.1, -0.05) is 30.3 Å². The number of carboxylic acid groups (broad SMARTS) is 1. The molecule has 0 saturated carbocycles. The van der Waals surface area contributed by atoms with Gasteiger partial charge in [0.15, 0.2) is 0 Å². The Morgan fingerprint density at radius 1 is 1.08 bits per heavy atom. The number of hydrogen-bond acceptors (Lipinski definition) is 7. The van der Waals surface area contributed by atoms with Crippen LogP contribution in [0, 0.1) is 13.8 Å². The molecule has 0 atom stereocenters. The van der Waals surface area contributed by atoms with Gasteiger partial charge in [0, 0.05) is 24.1 Å². The van der Waals surface area contributed by atoms with Gasteiger partial charge < -0.3 is 16.2 Å². The highest BCUT2D eigenvalue weighted by molar-refractivity contribution is 5.92. The van der Waals surface area contributed by atoms with E-state index >= 15 is 0 Å². The molecule has 36 heavy (non-hydrogen) atoms. The quantitative estimate of drug-likeness (QED) is 0.253. The van der Waals surface area contributed by atoms with E-state index in [9.17, 15) is 14.7 Å². The maximum absolute atomic E-state index is 13.5. The molecule has 0 radical (unpaired) electrons. The lowest BCUT2D eigenvalue weighted by molar-refractivity contribution is -0.132. The summed E-state index contributed by atoms with van der Waals surface area (Å²) in [5.74, 6) is 0.202. The number of aliphatic carboxylic acids is 1. The zero-order valence-electron chi connectivity index (χ0n) is 20.4. The second kappa shape index (κ2) is 10.4. The van der Waals surface area contributed by atoms with Crippen molar-refractivity contribution in [1.82, 2.24) is 19.5 Å². The number of nitrogens with one attached hydrogen (secondary N) is 1. The van der Waals surface area contributed by atoms with Gasteiger partial charge in [0.25, 0.3) is 5.56 Å². The lowest BCUT2D eigenvalue weighted by atomic mass is 10.1. The van der Waals surface area contributed by atoms with E-state index in [1.165, 1.54) is 13.0 Å². The third kappa shape index (κ3) is 5.10. The third-order valence-electron chi connectivity index (χ3n) is 5.91. The van der Waals surface area contributed by atoms with E-state index in [2.05, 4.69) is 15.3 Å². The number of rotatable bonds is 8. The molecule has 0 aliphatic heterocycles. The molecule has 0 fully saturated rings. The van der Waals surface area contributed by atoms with Gasteiger partial charge >= 0.3 is 5.97 Å². The molecule has 184 valence electrons. The zero-order chi connectivity index (χ0) is 25.8.